The Kier molecular flexibility index (Phi) is 5.06. The van der Waals surface area contributed by atoms with Gasteiger partial charge in [0, 0.05) is 31.4 Å². The van der Waals surface area contributed by atoms with Gasteiger partial charge in [-0.3, -0.25) is 0 Å². The van der Waals surface area contributed by atoms with Gasteiger partial charge in [0.25, 0.3) is 0 Å². The van der Waals surface area contributed by atoms with Crippen LogP contribution < -0.4 is 5.32 Å². The summed E-state index contributed by atoms with van der Waals surface area (Å²) in [6.45, 7) is 4.70. The molecule has 2 aromatic rings. The van der Waals surface area contributed by atoms with Gasteiger partial charge < -0.3 is 14.8 Å². The number of urea groups is 1. The van der Waals surface area contributed by atoms with E-state index in [0.717, 1.165) is 6.42 Å². The molecule has 6 nitrogen and oxygen atoms in total. The average Bonchev–Trinajstić information content (AvgIpc) is 3.01. The fourth-order valence-electron chi connectivity index (χ4n) is 3.21. The summed E-state index contributed by atoms with van der Waals surface area (Å²) in [4.78, 5) is 21.7. The Morgan fingerprint density at radius 2 is 2.08 bits per heavy atom. The van der Waals surface area contributed by atoms with Gasteiger partial charge in [0.15, 0.2) is 5.65 Å². The molecule has 1 N–H and O–H groups in total. The lowest BCUT2D eigenvalue weighted by Gasteiger charge is -2.34. The minimum atomic E-state index is -4.55. The molecular formula is C17H22F3N5O. The van der Waals surface area contributed by atoms with E-state index in [1.165, 1.54) is 16.8 Å². The van der Waals surface area contributed by atoms with Crippen molar-refractivity contribution in [1.82, 2.24) is 24.8 Å². The van der Waals surface area contributed by atoms with Gasteiger partial charge in [-0.25, -0.2) is 14.8 Å². The van der Waals surface area contributed by atoms with Crippen molar-refractivity contribution in [2.24, 2.45) is 0 Å². The fourth-order valence-corrected chi connectivity index (χ4v) is 3.21. The highest BCUT2D eigenvalue weighted by Gasteiger charge is 2.40. The number of imidazole rings is 1. The number of carbonyl (C=O) groups excluding carboxylic acids is 1. The lowest BCUT2D eigenvalue weighted by molar-refractivity contribution is -0.147. The molecule has 142 valence electrons. The van der Waals surface area contributed by atoms with Crippen molar-refractivity contribution < 1.29 is 18.0 Å². The van der Waals surface area contributed by atoms with Crippen molar-refractivity contribution in [2.45, 2.75) is 51.4 Å². The van der Waals surface area contributed by atoms with E-state index >= 15 is 0 Å². The predicted molar refractivity (Wildman–Crippen MR) is 90.7 cm³/mol. The van der Waals surface area contributed by atoms with E-state index in [4.69, 9.17) is 0 Å². The SMILES string of the molecule is CC[C@H](C)NC(=O)N1CCC(n2c(C(F)(F)F)nc3cccnc32)CC1. The minimum absolute atomic E-state index is 0.0684. The van der Waals surface area contributed by atoms with Crippen molar-refractivity contribution in [3.05, 3.63) is 24.2 Å². The summed E-state index contributed by atoms with van der Waals surface area (Å²) in [7, 11) is 0. The van der Waals surface area contributed by atoms with E-state index in [2.05, 4.69) is 15.3 Å². The zero-order valence-corrected chi connectivity index (χ0v) is 14.8. The first-order valence-electron chi connectivity index (χ1n) is 8.76. The van der Waals surface area contributed by atoms with E-state index in [1.54, 1.807) is 11.0 Å². The third-order valence-electron chi connectivity index (χ3n) is 4.80. The number of fused-ring (bicyclic) bond motifs is 1. The molecule has 1 saturated heterocycles. The maximum atomic E-state index is 13.4. The second-order valence-corrected chi connectivity index (χ2v) is 6.63. The zero-order valence-electron chi connectivity index (χ0n) is 14.8. The Balaban J connectivity index is 1.80. The van der Waals surface area contributed by atoms with E-state index in [-0.39, 0.29) is 29.3 Å². The molecule has 0 bridgehead atoms. The van der Waals surface area contributed by atoms with E-state index in [1.807, 2.05) is 13.8 Å². The number of hydrogen-bond donors (Lipinski definition) is 1. The van der Waals surface area contributed by atoms with Gasteiger partial charge in [-0.15, -0.1) is 0 Å². The average molecular weight is 369 g/mol. The summed E-state index contributed by atoms with van der Waals surface area (Å²) in [6, 6.07) is 2.62. The quantitative estimate of drug-likeness (QED) is 0.899. The Morgan fingerprint density at radius 1 is 1.38 bits per heavy atom. The number of nitrogens with one attached hydrogen (secondary N) is 1. The number of hydrogen-bond acceptors (Lipinski definition) is 3. The highest BCUT2D eigenvalue weighted by atomic mass is 19.4. The van der Waals surface area contributed by atoms with Crippen LogP contribution in [0.4, 0.5) is 18.0 Å². The molecule has 0 aliphatic carbocycles. The molecule has 26 heavy (non-hydrogen) atoms. The van der Waals surface area contributed by atoms with Crippen molar-refractivity contribution in [2.75, 3.05) is 13.1 Å². The lowest BCUT2D eigenvalue weighted by atomic mass is 10.0. The number of piperidine rings is 1. The first-order valence-corrected chi connectivity index (χ1v) is 8.76. The maximum absolute atomic E-state index is 13.4. The molecule has 2 aromatic heterocycles. The number of amides is 2. The van der Waals surface area contributed by atoms with Crippen LogP contribution in [0.2, 0.25) is 0 Å². The zero-order chi connectivity index (χ0) is 18.9. The molecule has 1 atom stereocenters. The smallest absolute Gasteiger partial charge is 0.336 e. The largest absolute Gasteiger partial charge is 0.449 e. The van der Waals surface area contributed by atoms with Crippen molar-refractivity contribution in [3.63, 3.8) is 0 Å². The molecule has 1 aliphatic rings. The Hall–Kier alpha value is -2.32. The summed E-state index contributed by atoms with van der Waals surface area (Å²) in [6.07, 6.45) is -1.40. The molecule has 0 unspecified atom stereocenters. The fraction of sp³-hybridized carbons (Fsp3) is 0.588. The second kappa shape index (κ2) is 7.13. The Bertz CT molecular complexity index is 780. The highest BCUT2D eigenvalue weighted by Crippen LogP contribution is 2.36. The molecule has 3 rings (SSSR count). The predicted octanol–water partition coefficient (Wildman–Crippen LogP) is 3.60. The maximum Gasteiger partial charge on any atom is 0.449 e. The third kappa shape index (κ3) is 3.61. The molecule has 0 radical (unpaired) electrons. The summed E-state index contributed by atoms with van der Waals surface area (Å²) < 4.78 is 41.5. The molecule has 0 saturated carbocycles. The number of likely N-dealkylation sites (tertiary alicyclic amines) is 1. The highest BCUT2D eigenvalue weighted by molar-refractivity contribution is 5.74. The van der Waals surface area contributed by atoms with Gasteiger partial charge >= 0.3 is 12.2 Å². The number of carbonyl (C=O) groups is 1. The summed E-state index contributed by atoms with van der Waals surface area (Å²) in [5.41, 5.74) is 0.471. The van der Waals surface area contributed by atoms with Gasteiger partial charge in [-0.1, -0.05) is 6.92 Å². The molecule has 1 fully saturated rings. The number of halogens is 3. The van der Waals surface area contributed by atoms with Gasteiger partial charge in [0.05, 0.1) is 0 Å². The second-order valence-electron chi connectivity index (χ2n) is 6.63. The Labute approximate surface area is 149 Å². The van der Waals surface area contributed by atoms with Crippen LogP contribution in [0, 0.1) is 0 Å². The lowest BCUT2D eigenvalue weighted by Crippen LogP contribution is -2.47. The van der Waals surface area contributed by atoms with Crippen LogP contribution in [0.3, 0.4) is 0 Å². The summed E-state index contributed by atoms with van der Waals surface area (Å²) >= 11 is 0. The first-order chi connectivity index (χ1) is 12.3. The van der Waals surface area contributed by atoms with E-state index in [0.29, 0.717) is 25.9 Å². The van der Waals surface area contributed by atoms with Crippen molar-refractivity contribution >= 4 is 17.2 Å². The van der Waals surface area contributed by atoms with Gasteiger partial charge in [-0.2, -0.15) is 13.2 Å². The van der Waals surface area contributed by atoms with Crippen LogP contribution in [0.1, 0.15) is 45.0 Å². The van der Waals surface area contributed by atoms with Crippen LogP contribution in [0.25, 0.3) is 11.2 Å². The number of rotatable bonds is 3. The number of aromatic nitrogens is 3. The van der Waals surface area contributed by atoms with Crippen LogP contribution in [-0.2, 0) is 6.18 Å². The summed E-state index contributed by atoms with van der Waals surface area (Å²) in [5, 5.41) is 2.89. The summed E-state index contributed by atoms with van der Waals surface area (Å²) in [5.74, 6) is -0.922. The number of pyridine rings is 1. The molecule has 2 amide bonds. The first kappa shape index (κ1) is 18.5. The standard InChI is InChI=1S/C17H22F3N5O/c1-3-11(2)22-16(26)24-9-6-12(7-10-24)25-14-13(5-4-8-21-14)23-15(25)17(18,19)20/h4-5,8,11-12H,3,6-7,9-10H2,1-2H3,(H,22,26)/t11-/m0/s1. The topological polar surface area (TPSA) is 63.1 Å². The van der Waals surface area contributed by atoms with Crippen molar-refractivity contribution in [1.29, 1.82) is 0 Å². The van der Waals surface area contributed by atoms with Gasteiger partial charge in [0.1, 0.15) is 5.52 Å². The molecule has 0 spiro atoms. The van der Waals surface area contributed by atoms with E-state index < -0.39 is 12.0 Å². The van der Waals surface area contributed by atoms with Crippen LogP contribution in [0.15, 0.2) is 18.3 Å². The molecular weight excluding hydrogens is 347 g/mol. The van der Waals surface area contributed by atoms with Crippen LogP contribution in [0.5, 0.6) is 0 Å². The molecule has 1 aliphatic heterocycles. The molecule has 0 aromatic carbocycles. The Morgan fingerprint density at radius 3 is 2.69 bits per heavy atom. The normalized spacial score (nSPS) is 17.5. The minimum Gasteiger partial charge on any atom is -0.336 e. The number of alkyl halides is 3. The van der Waals surface area contributed by atoms with Gasteiger partial charge in [0.2, 0.25) is 5.82 Å². The molecule has 9 heteroatoms. The number of nitrogens with zero attached hydrogens (tertiary/aromatic N) is 4. The van der Waals surface area contributed by atoms with E-state index in [9.17, 15) is 18.0 Å². The third-order valence-corrected chi connectivity index (χ3v) is 4.80. The van der Waals surface area contributed by atoms with Crippen molar-refractivity contribution in [3.8, 4) is 0 Å². The van der Waals surface area contributed by atoms with Crippen LogP contribution >= 0.6 is 0 Å². The monoisotopic (exact) mass is 369 g/mol. The van der Waals surface area contributed by atoms with Crippen LogP contribution in [-0.4, -0.2) is 44.6 Å². The molecule has 3 heterocycles. The van der Waals surface area contributed by atoms with Gasteiger partial charge in [-0.05, 0) is 38.3 Å².